The standard InChI is InChI=1S/C17H21ClN2/c1-12-5-7-16(13(2)9-12)20(4)17-8-6-15(18)10-14(17)11-19-3/h5-10,19H,11H2,1-4H3. The molecule has 2 aromatic rings. The average Bonchev–Trinajstić information content (AvgIpc) is 2.38. The summed E-state index contributed by atoms with van der Waals surface area (Å²) in [7, 11) is 4.04. The second kappa shape index (κ2) is 6.29. The van der Waals surface area contributed by atoms with Crippen LogP contribution in [0.4, 0.5) is 11.4 Å². The summed E-state index contributed by atoms with van der Waals surface area (Å²) in [5, 5.41) is 3.97. The predicted molar refractivity (Wildman–Crippen MR) is 88.2 cm³/mol. The number of benzene rings is 2. The molecular formula is C17H21ClN2. The quantitative estimate of drug-likeness (QED) is 0.894. The van der Waals surface area contributed by atoms with Crippen molar-refractivity contribution in [1.29, 1.82) is 0 Å². The molecule has 0 fully saturated rings. The van der Waals surface area contributed by atoms with E-state index in [9.17, 15) is 0 Å². The van der Waals surface area contributed by atoms with Crippen LogP contribution in [0.15, 0.2) is 36.4 Å². The van der Waals surface area contributed by atoms with Gasteiger partial charge in [0, 0.05) is 30.0 Å². The fourth-order valence-corrected chi connectivity index (χ4v) is 2.72. The molecule has 2 nitrogen and oxygen atoms in total. The molecule has 2 aromatic carbocycles. The molecule has 1 N–H and O–H groups in total. The molecule has 106 valence electrons. The predicted octanol–water partition coefficient (Wildman–Crippen LogP) is 4.44. The molecule has 0 spiro atoms. The van der Waals surface area contributed by atoms with Crippen LogP contribution < -0.4 is 10.2 Å². The summed E-state index contributed by atoms with van der Waals surface area (Å²) < 4.78 is 0. The van der Waals surface area contributed by atoms with E-state index in [1.165, 1.54) is 28.1 Å². The van der Waals surface area contributed by atoms with Gasteiger partial charge in [0.25, 0.3) is 0 Å². The first kappa shape index (κ1) is 14.9. The lowest BCUT2D eigenvalue weighted by Gasteiger charge is -2.25. The van der Waals surface area contributed by atoms with Gasteiger partial charge < -0.3 is 10.2 Å². The van der Waals surface area contributed by atoms with Crippen LogP contribution in [0, 0.1) is 13.8 Å². The second-order valence-corrected chi connectivity index (χ2v) is 5.59. The Hall–Kier alpha value is -1.51. The second-order valence-electron chi connectivity index (χ2n) is 5.15. The van der Waals surface area contributed by atoms with Crippen LogP contribution >= 0.6 is 11.6 Å². The largest absolute Gasteiger partial charge is 0.344 e. The van der Waals surface area contributed by atoms with Crippen LogP contribution in [-0.2, 0) is 6.54 Å². The van der Waals surface area contributed by atoms with E-state index in [0.29, 0.717) is 0 Å². The van der Waals surface area contributed by atoms with E-state index < -0.39 is 0 Å². The van der Waals surface area contributed by atoms with Crippen molar-refractivity contribution in [3.8, 4) is 0 Å². The minimum absolute atomic E-state index is 0.771. The van der Waals surface area contributed by atoms with Crippen LogP contribution in [0.1, 0.15) is 16.7 Å². The van der Waals surface area contributed by atoms with E-state index >= 15 is 0 Å². The number of nitrogens with zero attached hydrogens (tertiary/aromatic N) is 1. The van der Waals surface area contributed by atoms with Crippen LogP contribution in [0.5, 0.6) is 0 Å². The monoisotopic (exact) mass is 288 g/mol. The molecule has 2 rings (SSSR count). The van der Waals surface area contributed by atoms with Crippen molar-refractivity contribution in [2.75, 3.05) is 19.0 Å². The van der Waals surface area contributed by atoms with E-state index in [0.717, 1.165) is 11.6 Å². The highest BCUT2D eigenvalue weighted by molar-refractivity contribution is 6.30. The lowest BCUT2D eigenvalue weighted by Crippen LogP contribution is -2.15. The Kier molecular flexibility index (Phi) is 4.69. The number of rotatable bonds is 4. The molecule has 0 aromatic heterocycles. The molecule has 0 bridgehead atoms. The van der Waals surface area contributed by atoms with E-state index in [1.807, 2.05) is 19.2 Å². The van der Waals surface area contributed by atoms with Gasteiger partial charge >= 0.3 is 0 Å². The zero-order chi connectivity index (χ0) is 14.7. The highest BCUT2D eigenvalue weighted by Crippen LogP contribution is 2.31. The fraction of sp³-hybridized carbons (Fsp3) is 0.294. The summed E-state index contributed by atoms with van der Waals surface area (Å²) in [5.74, 6) is 0. The van der Waals surface area contributed by atoms with E-state index in [2.05, 4.69) is 55.4 Å². The van der Waals surface area contributed by atoms with Gasteiger partial charge in [0.2, 0.25) is 0 Å². The maximum Gasteiger partial charge on any atom is 0.0454 e. The van der Waals surface area contributed by atoms with Gasteiger partial charge in [0.15, 0.2) is 0 Å². The fourth-order valence-electron chi connectivity index (χ4n) is 2.52. The number of aryl methyl sites for hydroxylation is 2. The highest BCUT2D eigenvalue weighted by atomic mass is 35.5. The van der Waals surface area contributed by atoms with E-state index in [1.54, 1.807) is 0 Å². The molecule has 0 aliphatic heterocycles. The molecule has 0 atom stereocenters. The van der Waals surface area contributed by atoms with Gasteiger partial charge in [-0.15, -0.1) is 0 Å². The molecule has 0 amide bonds. The Bertz CT molecular complexity index is 608. The van der Waals surface area contributed by atoms with Gasteiger partial charge in [-0.05, 0) is 56.3 Å². The van der Waals surface area contributed by atoms with Gasteiger partial charge in [-0.25, -0.2) is 0 Å². The van der Waals surface area contributed by atoms with Crippen LogP contribution in [-0.4, -0.2) is 14.1 Å². The summed E-state index contributed by atoms with van der Waals surface area (Å²) in [5.41, 5.74) is 6.15. The first-order valence-electron chi connectivity index (χ1n) is 6.77. The minimum atomic E-state index is 0.771. The highest BCUT2D eigenvalue weighted by Gasteiger charge is 2.11. The third-order valence-corrected chi connectivity index (χ3v) is 3.72. The Labute approximate surface area is 126 Å². The third kappa shape index (κ3) is 3.14. The van der Waals surface area contributed by atoms with Crippen LogP contribution in [0.2, 0.25) is 5.02 Å². The molecule has 0 radical (unpaired) electrons. The number of hydrogen-bond acceptors (Lipinski definition) is 2. The molecule has 0 unspecified atom stereocenters. The molecule has 0 heterocycles. The van der Waals surface area contributed by atoms with Crippen molar-refractivity contribution in [3.05, 3.63) is 58.1 Å². The summed E-state index contributed by atoms with van der Waals surface area (Å²) in [4.78, 5) is 2.22. The van der Waals surface area contributed by atoms with Crippen molar-refractivity contribution in [3.63, 3.8) is 0 Å². The van der Waals surface area contributed by atoms with Crippen LogP contribution in [0.25, 0.3) is 0 Å². The molecule has 0 aliphatic rings. The minimum Gasteiger partial charge on any atom is -0.344 e. The number of hydrogen-bond donors (Lipinski definition) is 1. The first-order valence-corrected chi connectivity index (χ1v) is 7.14. The van der Waals surface area contributed by atoms with E-state index in [4.69, 9.17) is 11.6 Å². The number of halogens is 1. The molecule has 0 saturated heterocycles. The number of nitrogens with one attached hydrogen (secondary N) is 1. The summed E-state index contributed by atoms with van der Waals surface area (Å²) >= 11 is 6.11. The Morgan fingerprint density at radius 2 is 1.75 bits per heavy atom. The van der Waals surface area contributed by atoms with Gasteiger partial charge in [-0.2, -0.15) is 0 Å². The molecule has 0 aliphatic carbocycles. The summed E-state index contributed by atoms with van der Waals surface area (Å²) in [6.07, 6.45) is 0. The van der Waals surface area contributed by atoms with Crippen molar-refractivity contribution < 1.29 is 0 Å². The molecule has 0 saturated carbocycles. The average molecular weight is 289 g/mol. The maximum absolute atomic E-state index is 6.11. The maximum atomic E-state index is 6.11. The van der Waals surface area contributed by atoms with Gasteiger partial charge in [-0.1, -0.05) is 29.3 Å². The van der Waals surface area contributed by atoms with Gasteiger partial charge in [0.1, 0.15) is 0 Å². The third-order valence-electron chi connectivity index (χ3n) is 3.48. The van der Waals surface area contributed by atoms with E-state index in [-0.39, 0.29) is 0 Å². The Morgan fingerprint density at radius 3 is 2.40 bits per heavy atom. The summed E-state index contributed by atoms with van der Waals surface area (Å²) in [6.45, 7) is 5.06. The molecule has 3 heteroatoms. The van der Waals surface area contributed by atoms with Gasteiger partial charge in [-0.3, -0.25) is 0 Å². The lowest BCUT2D eigenvalue weighted by atomic mass is 10.1. The SMILES string of the molecule is CNCc1cc(Cl)ccc1N(C)c1ccc(C)cc1C. The van der Waals surface area contributed by atoms with Crippen LogP contribution in [0.3, 0.4) is 0 Å². The Morgan fingerprint density at radius 1 is 1.05 bits per heavy atom. The molecule has 20 heavy (non-hydrogen) atoms. The van der Waals surface area contributed by atoms with Crippen molar-refractivity contribution in [2.24, 2.45) is 0 Å². The number of anilines is 2. The Balaban J connectivity index is 2.44. The van der Waals surface area contributed by atoms with Gasteiger partial charge in [0.05, 0.1) is 0 Å². The smallest absolute Gasteiger partial charge is 0.0454 e. The lowest BCUT2D eigenvalue weighted by molar-refractivity contribution is 0.816. The van der Waals surface area contributed by atoms with Crippen molar-refractivity contribution >= 4 is 23.0 Å². The van der Waals surface area contributed by atoms with Crippen molar-refractivity contribution in [1.82, 2.24) is 5.32 Å². The molecular weight excluding hydrogens is 268 g/mol. The van der Waals surface area contributed by atoms with Crippen molar-refractivity contribution in [2.45, 2.75) is 20.4 Å². The summed E-state index contributed by atoms with van der Waals surface area (Å²) in [6, 6.07) is 12.6. The zero-order valence-corrected chi connectivity index (χ0v) is 13.3. The first-order chi connectivity index (χ1) is 9.52. The zero-order valence-electron chi connectivity index (χ0n) is 12.5. The topological polar surface area (TPSA) is 15.3 Å². The normalized spacial score (nSPS) is 10.7.